The first-order chi connectivity index (χ1) is 10.5. The molecule has 22 heavy (non-hydrogen) atoms. The van der Waals surface area contributed by atoms with E-state index in [0.29, 0.717) is 17.3 Å². The third kappa shape index (κ3) is 3.06. The van der Waals surface area contributed by atoms with Crippen LogP contribution < -0.4 is 10.1 Å². The molecule has 2 aromatic rings. The molecule has 0 saturated heterocycles. The molecule has 2 aromatic heterocycles. The van der Waals surface area contributed by atoms with Gasteiger partial charge in [-0.3, -0.25) is 4.79 Å². The van der Waals surface area contributed by atoms with Crippen LogP contribution in [0.15, 0.2) is 12.1 Å². The number of thiophene rings is 1. The van der Waals surface area contributed by atoms with Crippen molar-refractivity contribution < 1.29 is 19.4 Å². The number of aryl methyl sites for hydroxylation is 1. The summed E-state index contributed by atoms with van der Waals surface area (Å²) in [6.45, 7) is 3.71. The Morgan fingerprint density at radius 3 is 2.59 bits per heavy atom. The minimum absolute atomic E-state index is 0.0845. The minimum Gasteiger partial charge on any atom is -0.480 e. The van der Waals surface area contributed by atoms with Gasteiger partial charge in [-0.25, -0.2) is 4.79 Å². The van der Waals surface area contributed by atoms with Gasteiger partial charge in [0.1, 0.15) is 5.00 Å². The number of methoxy groups -OCH3 is 1. The van der Waals surface area contributed by atoms with Gasteiger partial charge in [0.25, 0.3) is 5.91 Å². The third-order valence-electron chi connectivity index (χ3n) is 3.09. The molecule has 0 unspecified atom stereocenters. The number of nitrogens with zero attached hydrogens (tertiary/aromatic N) is 2. The fourth-order valence-electron chi connectivity index (χ4n) is 2.04. The molecule has 0 aromatic carbocycles. The van der Waals surface area contributed by atoms with Crippen LogP contribution in [0.3, 0.4) is 0 Å². The number of anilines is 1. The lowest BCUT2D eigenvalue weighted by Gasteiger charge is -2.04. The highest BCUT2D eigenvalue weighted by atomic mass is 32.1. The molecule has 2 N–H and O–H groups in total. The van der Waals surface area contributed by atoms with E-state index >= 15 is 0 Å². The van der Waals surface area contributed by atoms with Crippen molar-refractivity contribution in [3.63, 3.8) is 0 Å². The highest BCUT2D eigenvalue weighted by Crippen LogP contribution is 2.33. The number of rotatable bonds is 5. The topological polar surface area (TPSA) is 101 Å². The van der Waals surface area contributed by atoms with Gasteiger partial charge in [-0.1, -0.05) is 6.92 Å². The van der Waals surface area contributed by atoms with Crippen molar-refractivity contribution in [2.45, 2.75) is 20.3 Å². The van der Waals surface area contributed by atoms with Crippen LogP contribution in [0.5, 0.6) is 5.88 Å². The van der Waals surface area contributed by atoms with E-state index in [9.17, 15) is 14.7 Å². The molecule has 2 heterocycles. The van der Waals surface area contributed by atoms with Gasteiger partial charge < -0.3 is 15.2 Å². The second kappa shape index (κ2) is 6.52. The van der Waals surface area contributed by atoms with E-state index in [1.54, 1.807) is 0 Å². The van der Waals surface area contributed by atoms with Gasteiger partial charge in [-0.2, -0.15) is 0 Å². The SMILES string of the molecule is CCc1c(C)sc(NC(=O)c2ccc(OC)nn2)c1C(=O)O. The van der Waals surface area contributed by atoms with Crippen molar-refractivity contribution in [3.05, 3.63) is 33.8 Å². The lowest BCUT2D eigenvalue weighted by molar-refractivity contribution is 0.0697. The number of nitrogens with one attached hydrogen (secondary N) is 1. The van der Waals surface area contributed by atoms with Crippen LogP contribution >= 0.6 is 11.3 Å². The molecule has 116 valence electrons. The zero-order valence-corrected chi connectivity index (χ0v) is 13.2. The molecule has 0 atom stereocenters. The van der Waals surface area contributed by atoms with Gasteiger partial charge in [-0.05, 0) is 25.0 Å². The Morgan fingerprint density at radius 2 is 2.09 bits per heavy atom. The molecular formula is C14H15N3O4S. The van der Waals surface area contributed by atoms with E-state index in [-0.39, 0.29) is 11.3 Å². The van der Waals surface area contributed by atoms with Gasteiger partial charge in [0.15, 0.2) is 5.69 Å². The number of hydrogen-bond donors (Lipinski definition) is 2. The van der Waals surface area contributed by atoms with Gasteiger partial charge in [0, 0.05) is 10.9 Å². The molecule has 0 radical (unpaired) electrons. The van der Waals surface area contributed by atoms with E-state index in [1.165, 1.54) is 30.6 Å². The molecular weight excluding hydrogens is 306 g/mol. The normalized spacial score (nSPS) is 10.3. The monoisotopic (exact) mass is 321 g/mol. The Balaban J connectivity index is 2.29. The Bertz CT molecular complexity index is 710. The summed E-state index contributed by atoms with van der Waals surface area (Å²) in [5, 5.41) is 19.7. The minimum atomic E-state index is -1.06. The number of hydrogen-bond acceptors (Lipinski definition) is 6. The van der Waals surface area contributed by atoms with Crippen LogP contribution in [0.1, 0.15) is 38.2 Å². The number of aromatic nitrogens is 2. The van der Waals surface area contributed by atoms with Gasteiger partial charge in [-0.15, -0.1) is 21.5 Å². The molecule has 0 fully saturated rings. The van der Waals surface area contributed by atoms with Gasteiger partial charge in [0.2, 0.25) is 5.88 Å². The van der Waals surface area contributed by atoms with E-state index in [0.717, 1.165) is 10.4 Å². The molecule has 0 bridgehead atoms. The first-order valence-electron chi connectivity index (χ1n) is 6.52. The molecule has 2 rings (SSSR count). The number of carboxylic acid groups (broad SMARTS) is 1. The van der Waals surface area contributed by atoms with Crippen LogP contribution in [-0.2, 0) is 6.42 Å². The fourth-order valence-corrected chi connectivity index (χ4v) is 3.17. The van der Waals surface area contributed by atoms with Crippen molar-refractivity contribution >= 4 is 28.2 Å². The summed E-state index contributed by atoms with van der Waals surface area (Å²) in [5.41, 5.74) is 0.953. The van der Waals surface area contributed by atoms with E-state index in [4.69, 9.17) is 4.74 Å². The van der Waals surface area contributed by atoms with Gasteiger partial charge >= 0.3 is 5.97 Å². The largest absolute Gasteiger partial charge is 0.480 e. The Labute approximate surface area is 131 Å². The van der Waals surface area contributed by atoms with Crippen LogP contribution in [0, 0.1) is 6.92 Å². The second-order valence-electron chi connectivity index (χ2n) is 4.41. The first-order valence-corrected chi connectivity index (χ1v) is 7.34. The van der Waals surface area contributed by atoms with Gasteiger partial charge in [0.05, 0.1) is 12.7 Å². The average molecular weight is 321 g/mol. The quantitative estimate of drug-likeness (QED) is 0.876. The van der Waals surface area contributed by atoms with E-state index in [1.807, 2.05) is 13.8 Å². The maximum Gasteiger partial charge on any atom is 0.339 e. The third-order valence-corrected chi connectivity index (χ3v) is 4.15. The Kier molecular flexibility index (Phi) is 4.71. The average Bonchev–Trinajstić information content (AvgIpc) is 2.82. The molecule has 0 aliphatic heterocycles. The predicted octanol–water partition coefficient (Wildman–Crippen LogP) is 2.37. The molecule has 0 spiro atoms. The molecule has 7 nitrogen and oxygen atoms in total. The zero-order valence-electron chi connectivity index (χ0n) is 12.3. The van der Waals surface area contributed by atoms with Crippen molar-refractivity contribution in [3.8, 4) is 5.88 Å². The molecule has 8 heteroatoms. The lowest BCUT2D eigenvalue weighted by atomic mass is 10.1. The highest BCUT2D eigenvalue weighted by Gasteiger charge is 2.22. The maximum absolute atomic E-state index is 12.2. The number of amides is 1. The number of carbonyl (C=O) groups is 2. The Morgan fingerprint density at radius 1 is 1.36 bits per heavy atom. The number of aromatic carboxylic acids is 1. The summed E-state index contributed by atoms with van der Waals surface area (Å²) in [5.74, 6) is -1.28. The zero-order chi connectivity index (χ0) is 16.3. The summed E-state index contributed by atoms with van der Waals surface area (Å²) < 4.78 is 4.87. The summed E-state index contributed by atoms with van der Waals surface area (Å²) in [4.78, 5) is 24.5. The molecule has 1 amide bonds. The van der Waals surface area contributed by atoms with Crippen LogP contribution in [0.2, 0.25) is 0 Å². The highest BCUT2D eigenvalue weighted by molar-refractivity contribution is 7.16. The Hall–Kier alpha value is -2.48. The van der Waals surface area contributed by atoms with Crippen molar-refractivity contribution in [1.82, 2.24) is 10.2 Å². The summed E-state index contributed by atoms with van der Waals surface area (Å²) in [7, 11) is 1.45. The summed E-state index contributed by atoms with van der Waals surface area (Å²) in [6, 6.07) is 2.97. The van der Waals surface area contributed by atoms with E-state index < -0.39 is 11.9 Å². The fraction of sp³-hybridized carbons (Fsp3) is 0.286. The standard InChI is InChI=1S/C14H15N3O4S/c1-4-8-7(2)22-13(11(8)14(19)20)15-12(18)9-5-6-10(21-3)17-16-9/h5-6H,4H2,1-3H3,(H,15,18)(H,19,20). The first kappa shape index (κ1) is 15.9. The number of ether oxygens (including phenoxy) is 1. The lowest BCUT2D eigenvalue weighted by Crippen LogP contribution is -2.15. The van der Waals surface area contributed by atoms with E-state index in [2.05, 4.69) is 15.5 Å². The van der Waals surface area contributed by atoms with Crippen LogP contribution in [0.4, 0.5) is 5.00 Å². The van der Waals surface area contributed by atoms with Crippen LogP contribution in [-0.4, -0.2) is 34.3 Å². The van der Waals surface area contributed by atoms with Crippen LogP contribution in [0.25, 0.3) is 0 Å². The molecule has 0 aliphatic rings. The summed E-state index contributed by atoms with van der Waals surface area (Å²) >= 11 is 1.24. The second-order valence-corrected chi connectivity index (χ2v) is 5.64. The van der Waals surface area contributed by atoms with Crippen molar-refractivity contribution in [1.29, 1.82) is 0 Å². The smallest absolute Gasteiger partial charge is 0.339 e. The molecule has 0 saturated carbocycles. The number of carbonyl (C=O) groups excluding carboxylic acids is 1. The molecule has 0 aliphatic carbocycles. The summed E-state index contributed by atoms with van der Waals surface area (Å²) in [6.07, 6.45) is 0.585. The van der Waals surface area contributed by atoms with Crippen molar-refractivity contribution in [2.75, 3.05) is 12.4 Å². The maximum atomic E-state index is 12.2. The number of carboxylic acids is 1. The van der Waals surface area contributed by atoms with Crippen molar-refractivity contribution in [2.24, 2.45) is 0 Å². The predicted molar refractivity (Wildman–Crippen MR) is 81.9 cm³/mol.